The molecular weight excluding hydrogens is 346 g/mol. The zero-order chi connectivity index (χ0) is 20.3. The minimum Gasteiger partial charge on any atom is -0.461 e. The van der Waals surface area contributed by atoms with Crippen molar-refractivity contribution in [3.63, 3.8) is 0 Å². The van der Waals surface area contributed by atoms with E-state index in [4.69, 9.17) is 4.74 Å². The van der Waals surface area contributed by atoms with E-state index in [-0.39, 0.29) is 11.0 Å². The van der Waals surface area contributed by atoms with Crippen LogP contribution in [-0.2, 0) is 11.8 Å². The number of para-hydroxylation sites is 1. The summed E-state index contributed by atoms with van der Waals surface area (Å²) in [6.07, 6.45) is 9.40. The van der Waals surface area contributed by atoms with E-state index in [0.717, 1.165) is 22.2 Å². The van der Waals surface area contributed by atoms with Gasteiger partial charge in [-0.05, 0) is 36.4 Å². The first-order valence-corrected chi connectivity index (χ1v) is 9.04. The molecule has 0 aliphatic carbocycles. The number of pyridine rings is 1. The molecule has 0 spiro atoms. The maximum atomic E-state index is 9.24. The molecule has 1 aliphatic heterocycles. The van der Waals surface area contributed by atoms with Crippen LogP contribution in [0.2, 0.25) is 0 Å². The van der Waals surface area contributed by atoms with Gasteiger partial charge in [-0.1, -0.05) is 32.9 Å². The van der Waals surface area contributed by atoms with E-state index in [1.165, 1.54) is 0 Å². The van der Waals surface area contributed by atoms with Crippen LogP contribution in [0.25, 0.3) is 17.0 Å². The second-order valence-corrected chi connectivity index (χ2v) is 7.74. The molecule has 1 aromatic carbocycles. The summed E-state index contributed by atoms with van der Waals surface area (Å²) in [5, 5.41) is 19.6. The summed E-state index contributed by atoms with van der Waals surface area (Å²) in [5.74, 6) is 1.32. The summed E-state index contributed by atoms with van der Waals surface area (Å²) < 4.78 is 8.12. The Balaban J connectivity index is 2.00. The van der Waals surface area contributed by atoms with Gasteiger partial charge in [0.05, 0.1) is 0 Å². The highest BCUT2D eigenvalue weighted by Crippen LogP contribution is 2.34. The first-order valence-electron chi connectivity index (χ1n) is 9.04. The van der Waals surface area contributed by atoms with Crippen molar-refractivity contribution in [2.75, 3.05) is 0 Å². The van der Waals surface area contributed by atoms with Gasteiger partial charge in [0.1, 0.15) is 36.3 Å². The summed E-state index contributed by atoms with van der Waals surface area (Å²) in [4.78, 5) is 0. The Labute approximate surface area is 165 Å². The Hall–Kier alpha value is -3.63. The van der Waals surface area contributed by atoms with Gasteiger partial charge in [0.15, 0.2) is 6.20 Å². The van der Waals surface area contributed by atoms with E-state index in [1.807, 2.05) is 64.2 Å². The minimum absolute atomic E-state index is 0.0769. The summed E-state index contributed by atoms with van der Waals surface area (Å²) in [6.45, 7) is 6.10. The molecule has 0 N–H and O–H groups in total. The molecule has 3 rings (SSSR count). The lowest BCUT2D eigenvalue weighted by molar-refractivity contribution is -0.645. The number of nitriles is 2. The third-order valence-electron chi connectivity index (χ3n) is 4.49. The zero-order valence-electron chi connectivity index (χ0n) is 16.5. The van der Waals surface area contributed by atoms with E-state index in [9.17, 15) is 10.5 Å². The van der Waals surface area contributed by atoms with Crippen LogP contribution < -0.4 is 4.57 Å². The van der Waals surface area contributed by atoms with E-state index in [2.05, 4.69) is 29.0 Å². The Kier molecular flexibility index (Phi) is 5.16. The predicted octanol–water partition coefficient (Wildman–Crippen LogP) is 4.87. The first kappa shape index (κ1) is 19.1. The lowest BCUT2D eigenvalue weighted by Gasteiger charge is -2.26. The number of hydrogen-bond donors (Lipinski definition) is 0. The highest BCUT2D eigenvalue weighted by molar-refractivity contribution is 5.77. The maximum Gasteiger partial charge on any atom is 0.212 e. The average molecular weight is 368 g/mol. The molecule has 0 atom stereocenters. The topological polar surface area (TPSA) is 60.7 Å². The van der Waals surface area contributed by atoms with Gasteiger partial charge in [-0.2, -0.15) is 10.5 Å². The van der Waals surface area contributed by atoms with Crippen molar-refractivity contribution in [1.29, 1.82) is 10.5 Å². The van der Waals surface area contributed by atoms with E-state index < -0.39 is 0 Å². The van der Waals surface area contributed by atoms with E-state index >= 15 is 0 Å². The number of ether oxygens (including phenoxy) is 1. The molecule has 2 aromatic rings. The molecule has 0 amide bonds. The van der Waals surface area contributed by atoms with Crippen LogP contribution in [0.4, 0.5) is 0 Å². The number of hydrogen-bond acceptors (Lipinski definition) is 3. The van der Waals surface area contributed by atoms with Gasteiger partial charge in [-0.15, -0.1) is 0 Å². The molecule has 4 heteroatoms. The number of fused-ring (bicyclic) bond motifs is 1. The number of allylic oxidation sites excluding steroid dienone is 6. The number of aryl methyl sites for hydroxylation is 1. The number of benzene rings is 1. The molecule has 1 aromatic heterocycles. The number of rotatable bonds is 2. The van der Waals surface area contributed by atoms with Crippen molar-refractivity contribution >= 4 is 17.0 Å². The molecule has 0 fully saturated rings. The normalized spacial score (nSPS) is 14.1. The van der Waals surface area contributed by atoms with Crippen molar-refractivity contribution in [2.24, 2.45) is 12.5 Å². The van der Waals surface area contributed by atoms with E-state index in [0.29, 0.717) is 11.3 Å². The molecule has 4 nitrogen and oxygen atoms in total. The molecule has 138 valence electrons. The summed E-state index contributed by atoms with van der Waals surface area (Å²) in [5.41, 5.74) is 2.59. The fraction of sp³-hybridized carbons (Fsp3) is 0.208. The van der Waals surface area contributed by atoms with Crippen LogP contribution >= 0.6 is 0 Å². The molecular formula is C24H22N3O+. The molecule has 1 aliphatic rings. The third-order valence-corrected chi connectivity index (χ3v) is 4.49. The Morgan fingerprint density at radius 1 is 1.07 bits per heavy atom. The Morgan fingerprint density at radius 3 is 2.46 bits per heavy atom. The van der Waals surface area contributed by atoms with E-state index in [1.54, 1.807) is 12.2 Å². The van der Waals surface area contributed by atoms with Gasteiger partial charge >= 0.3 is 0 Å². The second-order valence-electron chi connectivity index (χ2n) is 7.74. The number of aromatic nitrogens is 1. The summed E-state index contributed by atoms with van der Waals surface area (Å²) in [6, 6.07) is 14.2. The van der Waals surface area contributed by atoms with Crippen molar-refractivity contribution in [3.05, 3.63) is 83.0 Å². The molecule has 0 saturated carbocycles. The molecule has 0 radical (unpaired) electrons. The summed E-state index contributed by atoms with van der Waals surface area (Å²) >= 11 is 0. The summed E-state index contributed by atoms with van der Waals surface area (Å²) in [7, 11) is 2.02. The van der Waals surface area contributed by atoms with Crippen molar-refractivity contribution in [1.82, 2.24) is 0 Å². The van der Waals surface area contributed by atoms with Crippen LogP contribution in [0.5, 0.6) is 0 Å². The quantitative estimate of drug-likeness (QED) is 0.561. The average Bonchev–Trinajstić information content (AvgIpc) is 2.67. The van der Waals surface area contributed by atoms with Crippen molar-refractivity contribution < 1.29 is 9.30 Å². The van der Waals surface area contributed by atoms with Crippen LogP contribution in [0.15, 0.2) is 77.4 Å². The van der Waals surface area contributed by atoms with Gasteiger partial charge in [-0.25, -0.2) is 4.57 Å². The van der Waals surface area contributed by atoms with Crippen LogP contribution in [-0.4, -0.2) is 0 Å². The Bertz CT molecular complexity index is 1130. The molecule has 0 unspecified atom stereocenters. The highest BCUT2D eigenvalue weighted by atomic mass is 16.5. The highest BCUT2D eigenvalue weighted by Gasteiger charge is 2.24. The van der Waals surface area contributed by atoms with Crippen molar-refractivity contribution in [2.45, 2.75) is 20.8 Å². The zero-order valence-corrected chi connectivity index (χ0v) is 16.5. The van der Waals surface area contributed by atoms with Gasteiger partial charge < -0.3 is 4.74 Å². The Morgan fingerprint density at radius 2 is 1.79 bits per heavy atom. The molecule has 0 bridgehead atoms. The molecule has 28 heavy (non-hydrogen) atoms. The fourth-order valence-corrected chi connectivity index (χ4v) is 2.98. The van der Waals surface area contributed by atoms with Gasteiger partial charge in [0, 0.05) is 28.0 Å². The lowest BCUT2D eigenvalue weighted by atomic mass is 9.90. The SMILES string of the molecule is C[n+]1cc(/C=C/C2=CC(=C(C#N)C#N)C=C(C(C)(C)C)O2)cc2ccccc21. The largest absolute Gasteiger partial charge is 0.461 e. The van der Waals surface area contributed by atoms with Crippen molar-refractivity contribution in [3.8, 4) is 12.1 Å². The van der Waals surface area contributed by atoms with Crippen LogP contribution in [0, 0.1) is 28.1 Å². The van der Waals surface area contributed by atoms with Crippen LogP contribution in [0.3, 0.4) is 0 Å². The minimum atomic E-state index is -0.246. The van der Waals surface area contributed by atoms with Gasteiger partial charge in [0.2, 0.25) is 5.52 Å². The van der Waals surface area contributed by atoms with Gasteiger partial charge in [-0.3, -0.25) is 0 Å². The standard InChI is InChI=1S/C24H22N3O/c1-24(2,3)23-13-19(20(14-25)15-26)12-21(28-23)10-9-17-11-18-7-5-6-8-22(18)27(4)16-17/h5-13,16H,1-4H3/q+1/b10-9+. The number of nitrogens with zero attached hydrogens (tertiary/aromatic N) is 3. The second kappa shape index (κ2) is 7.55. The van der Waals surface area contributed by atoms with Crippen LogP contribution in [0.1, 0.15) is 26.3 Å². The maximum absolute atomic E-state index is 9.24. The fourth-order valence-electron chi connectivity index (χ4n) is 2.98. The monoisotopic (exact) mass is 368 g/mol. The smallest absolute Gasteiger partial charge is 0.212 e. The first-order chi connectivity index (χ1) is 13.3. The third kappa shape index (κ3) is 4.03. The van der Waals surface area contributed by atoms with Gasteiger partial charge in [0.25, 0.3) is 0 Å². The molecule has 2 heterocycles. The lowest BCUT2D eigenvalue weighted by Crippen LogP contribution is -2.28. The molecule has 0 saturated heterocycles. The predicted molar refractivity (Wildman–Crippen MR) is 109 cm³/mol.